The summed E-state index contributed by atoms with van der Waals surface area (Å²) < 4.78 is 12.2. The van der Waals surface area contributed by atoms with Gasteiger partial charge in [-0.2, -0.15) is 5.26 Å². The van der Waals surface area contributed by atoms with Crippen molar-refractivity contribution in [3.8, 4) is 17.6 Å². The lowest BCUT2D eigenvalue weighted by Crippen LogP contribution is -2.13. The van der Waals surface area contributed by atoms with Gasteiger partial charge in [-0.3, -0.25) is 4.79 Å². The van der Waals surface area contributed by atoms with Gasteiger partial charge >= 0.3 is 0 Å². The summed E-state index contributed by atoms with van der Waals surface area (Å²) in [7, 11) is 1.52. The van der Waals surface area contributed by atoms with Crippen LogP contribution in [0.25, 0.3) is 6.08 Å². The average molecular weight is 614 g/mol. The molecule has 0 aliphatic carbocycles. The Labute approximate surface area is 220 Å². The van der Waals surface area contributed by atoms with Gasteiger partial charge in [-0.25, -0.2) is 0 Å². The molecule has 0 saturated carbocycles. The van der Waals surface area contributed by atoms with Gasteiger partial charge in [0.05, 0.1) is 20.7 Å². The number of carbonyl (C=O) groups is 1. The van der Waals surface area contributed by atoms with Crippen LogP contribution < -0.4 is 14.8 Å². The third-order valence-corrected chi connectivity index (χ3v) is 6.19. The van der Waals surface area contributed by atoms with Crippen LogP contribution in [-0.2, 0) is 11.4 Å². The molecule has 3 rings (SSSR count). The number of hydrogen-bond acceptors (Lipinski definition) is 4. The summed E-state index contributed by atoms with van der Waals surface area (Å²) in [6.45, 7) is 0.255. The van der Waals surface area contributed by atoms with Gasteiger partial charge < -0.3 is 14.8 Å². The zero-order valence-electron chi connectivity index (χ0n) is 17.2. The number of nitriles is 1. The molecule has 0 heterocycles. The summed E-state index contributed by atoms with van der Waals surface area (Å²) in [6, 6.07) is 17.3. The van der Waals surface area contributed by atoms with Crippen LogP contribution in [0.15, 0.2) is 60.2 Å². The molecule has 0 radical (unpaired) electrons. The fourth-order valence-corrected chi connectivity index (χ4v) is 4.02. The van der Waals surface area contributed by atoms with Crippen molar-refractivity contribution in [3.63, 3.8) is 0 Å². The topological polar surface area (TPSA) is 71.3 Å². The second kappa shape index (κ2) is 11.6. The lowest BCUT2D eigenvalue weighted by atomic mass is 10.1. The van der Waals surface area contributed by atoms with Crippen LogP contribution in [0, 0.1) is 14.9 Å². The van der Waals surface area contributed by atoms with Gasteiger partial charge in [0.25, 0.3) is 5.91 Å². The number of ether oxygens (including phenoxy) is 2. The van der Waals surface area contributed by atoms with Crippen molar-refractivity contribution >= 4 is 75.1 Å². The molecule has 3 aromatic carbocycles. The molecule has 9 heteroatoms. The minimum Gasteiger partial charge on any atom is -0.493 e. The van der Waals surface area contributed by atoms with E-state index in [1.165, 1.54) is 13.2 Å². The van der Waals surface area contributed by atoms with E-state index in [2.05, 4.69) is 27.9 Å². The molecule has 0 atom stereocenters. The maximum absolute atomic E-state index is 12.5. The van der Waals surface area contributed by atoms with Gasteiger partial charge in [-0.15, -0.1) is 0 Å². The van der Waals surface area contributed by atoms with Crippen LogP contribution in [0.2, 0.25) is 15.1 Å². The van der Waals surface area contributed by atoms with Gasteiger partial charge in [-0.05, 0) is 88.3 Å². The first-order valence-corrected chi connectivity index (χ1v) is 11.6. The third-order valence-electron chi connectivity index (χ3n) is 4.40. The Morgan fingerprint density at radius 1 is 1.09 bits per heavy atom. The van der Waals surface area contributed by atoms with E-state index >= 15 is 0 Å². The van der Waals surface area contributed by atoms with E-state index in [0.717, 1.165) is 9.13 Å². The summed E-state index contributed by atoms with van der Waals surface area (Å²) in [5, 5.41) is 13.6. The number of benzene rings is 3. The summed E-state index contributed by atoms with van der Waals surface area (Å²) in [5.74, 6) is 0.461. The molecular formula is C24H16Cl3IN2O3. The van der Waals surface area contributed by atoms with Gasteiger partial charge in [0.2, 0.25) is 0 Å². The van der Waals surface area contributed by atoms with E-state index in [1.54, 1.807) is 48.5 Å². The highest BCUT2D eigenvalue weighted by atomic mass is 127. The lowest BCUT2D eigenvalue weighted by Gasteiger charge is -2.14. The molecule has 0 aliphatic heterocycles. The van der Waals surface area contributed by atoms with Gasteiger partial charge in [0.1, 0.15) is 18.2 Å². The first kappa shape index (κ1) is 25.2. The van der Waals surface area contributed by atoms with E-state index < -0.39 is 5.91 Å². The monoisotopic (exact) mass is 612 g/mol. The van der Waals surface area contributed by atoms with Crippen molar-refractivity contribution in [1.29, 1.82) is 5.26 Å². The Balaban J connectivity index is 1.81. The molecule has 1 amide bonds. The van der Waals surface area contributed by atoms with E-state index in [4.69, 9.17) is 44.3 Å². The predicted octanol–water partition coefficient (Wildman–Crippen LogP) is 7.38. The molecule has 168 valence electrons. The smallest absolute Gasteiger partial charge is 0.266 e. The van der Waals surface area contributed by atoms with Crippen LogP contribution in [0.1, 0.15) is 11.1 Å². The van der Waals surface area contributed by atoms with Crippen molar-refractivity contribution in [2.45, 2.75) is 6.61 Å². The van der Waals surface area contributed by atoms with Gasteiger partial charge in [-0.1, -0.05) is 40.9 Å². The van der Waals surface area contributed by atoms with Crippen molar-refractivity contribution < 1.29 is 14.3 Å². The second-order valence-corrected chi connectivity index (χ2v) is 9.12. The predicted molar refractivity (Wildman–Crippen MR) is 140 cm³/mol. The number of hydrogen-bond donors (Lipinski definition) is 1. The summed E-state index contributed by atoms with van der Waals surface area (Å²) >= 11 is 20.0. The minimum absolute atomic E-state index is 0.0627. The second-order valence-electron chi connectivity index (χ2n) is 6.70. The Hall–Kier alpha value is -2.44. The normalized spacial score (nSPS) is 11.0. The van der Waals surface area contributed by atoms with Crippen molar-refractivity contribution in [3.05, 3.63) is 89.9 Å². The maximum atomic E-state index is 12.5. The standard InChI is InChI=1S/C24H16Cl3IN2O3/c1-32-22-11-15(8-16(12-29)24(31)30-18-5-3-17(25)4-6-18)10-21(28)23(22)33-13-14-2-7-19(26)20(27)9-14/h2-11H,13H2,1H3,(H,30,31)/b16-8-. The number of nitrogens with one attached hydrogen (secondary N) is 1. The highest BCUT2D eigenvalue weighted by Crippen LogP contribution is 2.35. The van der Waals surface area contributed by atoms with E-state index in [9.17, 15) is 10.1 Å². The Morgan fingerprint density at radius 2 is 1.82 bits per heavy atom. The van der Waals surface area contributed by atoms with E-state index in [-0.39, 0.29) is 12.2 Å². The first-order chi connectivity index (χ1) is 15.8. The molecule has 0 spiro atoms. The lowest BCUT2D eigenvalue weighted by molar-refractivity contribution is -0.112. The molecule has 0 bridgehead atoms. The molecule has 0 fully saturated rings. The van der Waals surface area contributed by atoms with Crippen LogP contribution in [0.4, 0.5) is 5.69 Å². The zero-order valence-corrected chi connectivity index (χ0v) is 21.6. The van der Waals surface area contributed by atoms with E-state index in [0.29, 0.717) is 37.8 Å². The average Bonchev–Trinajstić information content (AvgIpc) is 2.80. The van der Waals surface area contributed by atoms with Crippen LogP contribution in [-0.4, -0.2) is 13.0 Å². The molecule has 0 saturated heterocycles. The molecule has 5 nitrogen and oxygen atoms in total. The molecule has 0 unspecified atom stereocenters. The number of methoxy groups -OCH3 is 1. The molecule has 33 heavy (non-hydrogen) atoms. The Kier molecular flexibility index (Phi) is 8.87. The highest BCUT2D eigenvalue weighted by molar-refractivity contribution is 14.1. The number of nitrogens with zero attached hydrogens (tertiary/aromatic N) is 1. The summed E-state index contributed by atoms with van der Waals surface area (Å²) in [5.41, 5.74) is 1.92. The van der Waals surface area contributed by atoms with Crippen molar-refractivity contribution in [2.75, 3.05) is 12.4 Å². The maximum Gasteiger partial charge on any atom is 0.266 e. The number of anilines is 1. The molecule has 0 aliphatic rings. The largest absolute Gasteiger partial charge is 0.493 e. The third kappa shape index (κ3) is 6.78. The fraction of sp³-hybridized carbons (Fsp3) is 0.0833. The SMILES string of the molecule is COc1cc(/C=C(/C#N)C(=O)Nc2ccc(Cl)cc2)cc(I)c1OCc1ccc(Cl)c(Cl)c1. The van der Waals surface area contributed by atoms with Crippen LogP contribution in [0.5, 0.6) is 11.5 Å². The number of amides is 1. The van der Waals surface area contributed by atoms with Gasteiger partial charge in [0.15, 0.2) is 11.5 Å². The Bertz CT molecular complexity index is 1260. The number of rotatable bonds is 7. The summed E-state index contributed by atoms with van der Waals surface area (Å²) in [6.07, 6.45) is 1.48. The molecule has 1 N–H and O–H groups in total. The van der Waals surface area contributed by atoms with Gasteiger partial charge in [0, 0.05) is 10.7 Å². The van der Waals surface area contributed by atoms with Crippen molar-refractivity contribution in [2.24, 2.45) is 0 Å². The first-order valence-electron chi connectivity index (χ1n) is 9.43. The fourth-order valence-electron chi connectivity index (χ4n) is 2.80. The van der Waals surface area contributed by atoms with Crippen molar-refractivity contribution in [1.82, 2.24) is 0 Å². The zero-order chi connectivity index (χ0) is 24.0. The molecule has 3 aromatic rings. The summed E-state index contributed by atoms with van der Waals surface area (Å²) in [4.78, 5) is 12.5. The Morgan fingerprint density at radius 3 is 2.45 bits per heavy atom. The van der Waals surface area contributed by atoms with Crippen LogP contribution in [0.3, 0.4) is 0 Å². The minimum atomic E-state index is -0.534. The number of halogens is 4. The highest BCUT2D eigenvalue weighted by Gasteiger charge is 2.14. The van der Waals surface area contributed by atoms with Crippen LogP contribution >= 0.6 is 57.4 Å². The molecule has 0 aromatic heterocycles. The number of carbonyl (C=O) groups excluding carboxylic acids is 1. The molecular weight excluding hydrogens is 598 g/mol. The van der Waals surface area contributed by atoms with E-state index in [1.807, 2.05) is 12.1 Å². The quantitative estimate of drug-likeness (QED) is 0.172.